The number of pyridine rings is 1. The van der Waals surface area contributed by atoms with Crippen LogP contribution in [-0.4, -0.2) is 27.1 Å². The molecule has 0 radical (unpaired) electrons. The number of fused-ring (bicyclic) bond motifs is 1. The van der Waals surface area contributed by atoms with Gasteiger partial charge in [0, 0.05) is 45.3 Å². The Morgan fingerprint density at radius 1 is 1.32 bits per heavy atom. The van der Waals surface area contributed by atoms with Gasteiger partial charge in [0.1, 0.15) is 23.9 Å². The average Bonchev–Trinajstić information content (AvgIpc) is 2.63. The van der Waals surface area contributed by atoms with Crippen molar-refractivity contribution in [2.24, 2.45) is 0 Å². The molecule has 1 atom stereocenters. The number of carbonyl (C=O) groups is 1. The molecule has 1 heterocycles. The van der Waals surface area contributed by atoms with Crippen LogP contribution in [0.25, 0.3) is 10.8 Å². The van der Waals surface area contributed by atoms with Crippen molar-refractivity contribution in [2.45, 2.75) is 13.5 Å². The molecular weight excluding hydrogens is 403 g/mol. The Kier molecular flexibility index (Phi) is 6.26. The number of benzene rings is 2. The molecule has 0 aliphatic rings. The van der Waals surface area contributed by atoms with E-state index in [1.807, 2.05) is 25.1 Å². The number of ether oxygens (including phenoxy) is 1. The van der Waals surface area contributed by atoms with Crippen molar-refractivity contribution in [3.63, 3.8) is 0 Å². The Morgan fingerprint density at radius 2 is 2.11 bits per heavy atom. The van der Waals surface area contributed by atoms with E-state index in [0.717, 1.165) is 16.5 Å². The highest BCUT2D eigenvalue weighted by Gasteiger charge is 2.16. The molecule has 0 bridgehead atoms. The van der Waals surface area contributed by atoms with Gasteiger partial charge in [0.15, 0.2) is 0 Å². The number of hydrogen-bond donors (Lipinski definition) is 1. The summed E-state index contributed by atoms with van der Waals surface area (Å²) in [6.07, 6.45) is 3.17. The summed E-state index contributed by atoms with van der Waals surface area (Å²) >= 11 is 6.28. The first-order valence-corrected chi connectivity index (χ1v) is 10.5. The van der Waals surface area contributed by atoms with Gasteiger partial charge in [-0.1, -0.05) is 23.7 Å². The van der Waals surface area contributed by atoms with Crippen LogP contribution in [0.2, 0.25) is 5.02 Å². The lowest BCUT2D eigenvalue weighted by molar-refractivity contribution is -0.113. The third-order valence-electron chi connectivity index (χ3n) is 4.03. The topological polar surface area (TPSA) is 68.3 Å². The fraction of sp³-hybridized carbons (Fsp3) is 0.200. The number of aryl methyl sites for hydroxylation is 1. The molecule has 0 aliphatic heterocycles. The summed E-state index contributed by atoms with van der Waals surface area (Å²) in [4.78, 5) is 16.1. The molecule has 5 nitrogen and oxygen atoms in total. The highest BCUT2D eigenvalue weighted by atomic mass is 35.5. The number of aromatic nitrogens is 1. The number of anilines is 1. The molecule has 1 amide bonds. The maximum atomic E-state index is 14.3. The molecular formula is C20H18ClFN2O3S. The molecule has 146 valence electrons. The Morgan fingerprint density at radius 3 is 2.86 bits per heavy atom. The standard InChI is InChI=1S/C20H18ClFN2O3S/c1-12-8-14-13(9-23-12)4-3-5-18(14)27-10-15-16(22)6-7-17(20(15)21)24-19(25)11-28(2)26/h3-9H,10-11H2,1-2H3,(H,24,25). The van der Waals surface area contributed by atoms with Gasteiger partial charge in [-0.3, -0.25) is 14.0 Å². The number of nitrogens with one attached hydrogen (secondary N) is 1. The second-order valence-electron chi connectivity index (χ2n) is 6.24. The summed E-state index contributed by atoms with van der Waals surface area (Å²) in [6, 6.07) is 9.99. The summed E-state index contributed by atoms with van der Waals surface area (Å²) < 4.78 is 31.3. The maximum Gasteiger partial charge on any atom is 0.237 e. The molecule has 0 fully saturated rings. The predicted octanol–water partition coefficient (Wildman–Crippen LogP) is 4.23. The largest absolute Gasteiger partial charge is 0.488 e. The van der Waals surface area contributed by atoms with Gasteiger partial charge < -0.3 is 10.1 Å². The minimum Gasteiger partial charge on any atom is -0.488 e. The average molecular weight is 421 g/mol. The zero-order valence-electron chi connectivity index (χ0n) is 15.3. The van der Waals surface area contributed by atoms with Crippen LogP contribution in [0.1, 0.15) is 11.3 Å². The van der Waals surface area contributed by atoms with Crippen LogP contribution in [0.5, 0.6) is 5.75 Å². The van der Waals surface area contributed by atoms with E-state index >= 15 is 0 Å². The van der Waals surface area contributed by atoms with Crippen molar-refractivity contribution in [2.75, 3.05) is 17.3 Å². The van der Waals surface area contributed by atoms with Crippen LogP contribution in [0.4, 0.5) is 10.1 Å². The van der Waals surface area contributed by atoms with Crippen molar-refractivity contribution in [3.05, 3.63) is 64.7 Å². The summed E-state index contributed by atoms with van der Waals surface area (Å²) in [6.45, 7) is 1.76. The zero-order valence-corrected chi connectivity index (χ0v) is 16.9. The van der Waals surface area contributed by atoms with Crippen molar-refractivity contribution < 1.29 is 18.1 Å². The molecule has 0 aliphatic carbocycles. The van der Waals surface area contributed by atoms with E-state index < -0.39 is 22.5 Å². The number of carbonyl (C=O) groups excluding carboxylic acids is 1. The van der Waals surface area contributed by atoms with Gasteiger partial charge in [-0.2, -0.15) is 0 Å². The Hall–Kier alpha value is -2.51. The van der Waals surface area contributed by atoms with Crippen molar-refractivity contribution in [1.29, 1.82) is 0 Å². The smallest absolute Gasteiger partial charge is 0.237 e. The Labute approximate surface area is 169 Å². The lowest BCUT2D eigenvalue weighted by Crippen LogP contribution is -2.19. The SMILES string of the molecule is Cc1cc2c(OCc3c(F)ccc(NC(=O)CS(C)=O)c3Cl)cccc2cn1. The first kappa shape index (κ1) is 20.2. The first-order valence-electron chi connectivity index (χ1n) is 8.40. The summed E-state index contributed by atoms with van der Waals surface area (Å²) in [5.41, 5.74) is 1.21. The second kappa shape index (κ2) is 8.67. The molecule has 0 saturated heterocycles. The molecule has 0 spiro atoms. The molecule has 0 saturated carbocycles. The van der Waals surface area contributed by atoms with Crippen molar-refractivity contribution in [3.8, 4) is 5.75 Å². The molecule has 2 aromatic carbocycles. The quantitative estimate of drug-likeness (QED) is 0.647. The minimum absolute atomic E-state index is 0.0494. The van der Waals surface area contributed by atoms with E-state index in [4.69, 9.17) is 16.3 Å². The number of amides is 1. The van der Waals surface area contributed by atoms with E-state index in [-0.39, 0.29) is 28.6 Å². The third kappa shape index (κ3) is 4.66. The highest BCUT2D eigenvalue weighted by Crippen LogP contribution is 2.31. The predicted molar refractivity (Wildman–Crippen MR) is 110 cm³/mol. The number of halogens is 2. The lowest BCUT2D eigenvalue weighted by atomic mass is 10.1. The van der Waals surface area contributed by atoms with Crippen molar-refractivity contribution >= 4 is 44.8 Å². The molecule has 1 aromatic heterocycles. The van der Waals surface area contributed by atoms with Crippen LogP contribution in [0, 0.1) is 12.7 Å². The first-order chi connectivity index (χ1) is 13.3. The number of hydrogen-bond acceptors (Lipinski definition) is 4. The van der Waals surface area contributed by atoms with E-state index in [2.05, 4.69) is 10.3 Å². The number of nitrogens with zero attached hydrogens (tertiary/aromatic N) is 1. The highest BCUT2D eigenvalue weighted by molar-refractivity contribution is 7.85. The summed E-state index contributed by atoms with van der Waals surface area (Å²) in [7, 11) is -1.29. The van der Waals surface area contributed by atoms with Gasteiger partial charge in [-0.25, -0.2) is 4.39 Å². The van der Waals surface area contributed by atoms with Crippen LogP contribution in [0.15, 0.2) is 42.6 Å². The molecule has 1 N–H and O–H groups in total. The zero-order chi connectivity index (χ0) is 20.3. The number of rotatable bonds is 6. The van der Waals surface area contributed by atoms with Crippen molar-refractivity contribution in [1.82, 2.24) is 4.98 Å². The summed E-state index contributed by atoms with van der Waals surface area (Å²) in [5.74, 6) is -0.587. The maximum absolute atomic E-state index is 14.3. The second-order valence-corrected chi connectivity index (χ2v) is 8.06. The third-order valence-corrected chi connectivity index (χ3v) is 5.13. The van der Waals surface area contributed by atoms with Gasteiger partial charge in [-0.05, 0) is 31.2 Å². The van der Waals surface area contributed by atoms with E-state index in [1.165, 1.54) is 18.4 Å². The Bertz CT molecular complexity index is 1070. The molecule has 28 heavy (non-hydrogen) atoms. The minimum atomic E-state index is -1.29. The fourth-order valence-electron chi connectivity index (χ4n) is 2.72. The monoisotopic (exact) mass is 420 g/mol. The van der Waals surface area contributed by atoms with Gasteiger partial charge in [0.2, 0.25) is 5.91 Å². The van der Waals surface area contributed by atoms with Gasteiger partial charge in [0.05, 0.1) is 10.7 Å². The summed E-state index contributed by atoms with van der Waals surface area (Å²) in [5, 5.41) is 4.37. The van der Waals surface area contributed by atoms with E-state index in [1.54, 1.807) is 12.3 Å². The normalized spacial score (nSPS) is 12.0. The van der Waals surface area contributed by atoms with Crippen LogP contribution in [-0.2, 0) is 22.2 Å². The van der Waals surface area contributed by atoms with Crippen LogP contribution < -0.4 is 10.1 Å². The molecule has 8 heteroatoms. The molecule has 3 aromatic rings. The van der Waals surface area contributed by atoms with E-state index in [9.17, 15) is 13.4 Å². The van der Waals surface area contributed by atoms with Crippen LogP contribution >= 0.6 is 11.6 Å². The lowest BCUT2D eigenvalue weighted by Gasteiger charge is -2.14. The Balaban J connectivity index is 1.85. The van der Waals surface area contributed by atoms with Crippen LogP contribution in [0.3, 0.4) is 0 Å². The van der Waals surface area contributed by atoms with E-state index in [0.29, 0.717) is 5.75 Å². The fourth-order valence-corrected chi connectivity index (χ4v) is 3.42. The molecule has 3 rings (SSSR count). The van der Waals surface area contributed by atoms with Gasteiger partial charge in [0.25, 0.3) is 0 Å². The molecule has 1 unspecified atom stereocenters. The van der Waals surface area contributed by atoms with Gasteiger partial charge in [-0.15, -0.1) is 0 Å². The van der Waals surface area contributed by atoms with Gasteiger partial charge >= 0.3 is 0 Å².